The second-order valence-electron chi connectivity index (χ2n) is 5.76. The van der Waals surface area contributed by atoms with Crippen molar-refractivity contribution in [3.8, 4) is 16.9 Å². The molecular weight excluding hydrogens is 310 g/mol. The van der Waals surface area contributed by atoms with Crippen LogP contribution < -0.4 is 10.1 Å². The fourth-order valence-electron chi connectivity index (χ4n) is 2.77. The van der Waals surface area contributed by atoms with Gasteiger partial charge in [-0.25, -0.2) is 0 Å². The van der Waals surface area contributed by atoms with E-state index < -0.39 is 0 Å². The zero-order valence-electron chi connectivity index (χ0n) is 14.2. The van der Waals surface area contributed by atoms with Crippen LogP contribution in [0.5, 0.6) is 5.75 Å². The lowest BCUT2D eigenvalue weighted by molar-refractivity contribution is 0.0954. The third kappa shape index (κ3) is 4.27. The Morgan fingerprint density at radius 2 is 1.48 bits per heavy atom. The van der Waals surface area contributed by atoms with Gasteiger partial charge in [-0.15, -0.1) is 0 Å². The monoisotopic (exact) mass is 331 g/mol. The van der Waals surface area contributed by atoms with Crippen LogP contribution in [0.25, 0.3) is 11.1 Å². The number of hydrogen-bond donors (Lipinski definition) is 1. The molecule has 3 aromatic rings. The van der Waals surface area contributed by atoms with E-state index in [2.05, 4.69) is 17.4 Å². The average molecular weight is 331 g/mol. The van der Waals surface area contributed by atoms with E-state index in [0.717, 1.165) is 28.9 Å². The molecule has 1 N–H and O–H groups in total. The van der Waals surface area contributed by atoms with E-state index in [-0.39, 0.29) is 5.91 Å². The molecule has 126 valence electrons. The average Bonchev–Trinajstić information content (AvgIpc) is 2.69. The first kappa shape index (κ1) is 16.8. The Morgan fingerprint density at radius 3 is 2.20 bits per heavy atom. The molecule has 0 unspecified atom stereocenters. The first-order chi connectivity index (χ1) is 12.3. The standard InChI is InChI=1S/C22H21NO2/c1-25-21-10-6-5-9-19(21)15-16-23-22(24)20-13-11-18(12-14-20)17-7-3-2-4-8-17/h2-14H,15-16H2,1H3,(H,23,24). The van der Waals surface area contributed by atoms with Crippen LogP contribution in [-0.4, -0.2) is 19.6 Å². The van der Waals surface area contributed by atoms with E-state index in [1.165, 1.54) is 0 Å². The summed E-state index contributed by atoms with van der Waals surface area (Å²) in [5, 5.41) is 2.96. The fraction of sp³-hybridized carbons (Fsp3) is 0.136. The van der Waals surface area contributed by atoms with Crippen LogP contribution in [0.1, 0.15) is 15.9 Å². The minimum absolute atomic E-state index is 0.0606. The lowest BCUT2D eigenvalue weighted by Gasteiger charge is -2.09. The third-order valence-corrected chi connectivity index (χ3v) is 4.13. The molecule has 3 heteroatoms. The van der Waals surface area contributed by atoms with Crippen LogP contribution >= 0.6 is 0 Å². The van der Waals surface area contributed by atoms with Gasteiger partial charge in [0.15, 0.2) is 0 Å². The predicted octanol–water partition coefficient (Wildman–Crippen LogP) is 4.33. The number of methoxy groups -OCH3 is 1. The van der Waals surface area contributed by atoms with Gasteiger partial charge < -0.3 is 10.1 Å². The fourth-order valence-corrected chi connectivity index (χ4v) is 2.77. The van der Waals surface area contributed by atoms with Crippen molar-refractivity contribution < 1.29 is 9.53 Å². The minimum atomic E-state index is -0.0606. The van der Waals surface area contributed by atoms with Gasteiger partial charge in [0.05, 0.1) is 7.11 Å². The Balaban J connectivity index is 1.58. The van der Waals surface area contributed by atoms with Crippen molar-refractivity contribution >= 4 is 5.91 Å². The molecule has 0 atom stereocenters. The highest BCUT2D eigenvalue weighted by molar-refractivity contribution is 5.94. The SMILES string of the molecule is COc1ccccc1CCNC(=O)c1ccc(-c2ccccc2)cc1. The molecular formula is C22H21NO2. The number of benzene rings is 3. The zero-order chi connectivity index (χ0) is 17.5. The van der Waals surface area contributed by atoms with Crippen LogP contribution in [0, 0.1) is 0 Å². The predicted molar refractivity (Wildman–Crippen MR) is 101 cm³/mol. The summed E-state index contributed by atoms with van der Waals surface area (Å²) in [6, 6.07) is 25.7. The second-order valence-corrected chi connectivity index (χ2v) is 5.76. The minimum Gasteiger partial charge on any atom is -0.496 e. The second kappa shape index (κ2) is 8.15. The Hall–Kier alpha value is -3.07. The van der Waals surface area contributed by atoms with E-state index >= 15 is 0 Å². The quantitative estimate of drug-likeness (QED) is 0.730. The van der Waals surface area contributed by atoms with Gasteiger partial charge in [0.25, 0.3) is 5.91 Å². The zero-order valence-corrected chi connectivity index (χ0v) is 14.2. The van der Waals surface area contributed by atoms with E-state index in [1.807, 2.05) is 66.7 Å². The van der Waals surface area contributed by atoms with Gasteiger partial charge in [0, 0.05) is 12.1 Å². The van der Waals surface area contributed by atoms with Crippen LogP contribution in [0.4, 0.5) is 0 Å². The van der Waals surface area contributed by atoms with Crippen LogP contribution in [-0.2, 0) is 6.42 Å². The summed E-state index contributed by atoms with van der Waals surface area (Å²) in [4.78, 5) is 12.3. The lowest BCUT2D eigenvalue weighted by Crippen LogP contribution is -2.25. The highest BCUT2D eigenvalue weighted by Gasteiger charge is 2.07. The number of carbonyl (C=O) groups excluding carboxylic acids is 1. The Kier molecular flexibility index (Phi) is 5.47. The number of nitrogens with one attached hydrogen (secondary N) is 1. The van der Waals surface area contributed by atoms with Crippen molar-refractivity contribution in [3.63, 3.8) is 0 Å². The van der Waals surface area contributed by atoms with Gasteiger partial charge in [-0.05, 0) is 41.3 Å². The summed E-state index contributed by atoms with van der Waals surface area (Å²) < 4.78 is 5.33. The Bertz CT molecular complexity index is 826. The van der Waals surface area contributed by atoms with Crippen molar-refractivity contribution in [2.24, 2.45) is 0 Å². The molecule has 0 saturated heterocycles. The first-order valence-electron chi connectivity index (χ1n) is 8.33. The lowest BCUT2D eigenvalue weighted by atomic mass is 10.0. The summed E-state index contributed by atoms with van der Waals surface area (Å²) in [7, 11) is 1.66. The molecule has 0 aliphatic rings. The largest absolute Gasteiger partial charge is 0.496 e. The first-order valence-corrected chi connectivity index (χ1v) is 8.33. The Labute approximate surface area is 148 Å². The molecule has 0 aliphatic carbocycles. The van der Waals surface area contributed by atoms with Gasteiger partial charge in [-0.3, -0.25) is 4.79 Å². The molecule has 0 aromatic heterocycles. The van der Waals surface area contributed by atoms with Gasteiger partial charge in [0.2, 0.25) is 0 Å². The van der Waals surface area contributed by atoms with E-state index in [0.29, 0.717) is 12.1 Å². The number of carbonyl (C=O) groups is 1. The maximum absolute atomic E-state index is 12.3. The molecule has 1 amide bonds. The highest BCUT2D eigenvalue weighted by Crippen LogP contribution is 2.19. The van der Waals surface area contributed by atoms with Gasteiger partial charge in [0.1, 0.15) is 5.75 Å². The van der Waals surface area contributed by atoms with Crippen LogP contribution in [0.15, 0.2) is 78.9 Å². The molecule has 0 spiro atoms. The molecule has 0 fully saturated rings. The van der Waals surface area contributed by atoms with E-state index in [1.54, 1.807) is 7.11 Å². The normalized spacial score (nSPS) is 10.3. The molecule has 3 rings (SSSR count). The topological polar surface area (TPSA) is 38.3 Å². The van der Waals surface area contributed by atoms with Crippen molar-refractivity contribution in [1.82, 2.24) is 5.32 Å². The number of rotatable bonds is 6. The van der Waals surface area contributed by atoms with Crippen molar-refractivity contribution in [3.05, 3.63) is 90.0 Å². The summed E-state index contributed by atoms with van der Waals surface area (Å²) in [6.07, 6.45) is 0.734. The van der Waals surface area contributed by atoms with Gasteiger partial charge in [-0.1, -0.05) is 60.7 Å². The van der Waals surface area contributed by atoms with Crippen molar-refractivity contribution in [1.29, 1.82) is 0 Å². The maximum Gasteiger partial charge on any atom is 0.251 e. The summed E-state index contributed by atoms with van der Waals surface area (Å²) >= 11 is 0. The summed E-state index contributed by atoms with van der Waals surface area (Å²) in [6.45, 7) is 0.569. The van der Waals surface area contributed by atoms with Gasteiger partial charge >= 0.3 is 0 Å². The molecule has 0 aliphatic heterocycles. The number of hydrogen-bond acceptors (Lipinski definition) is 2. The molecule has 0 radical (unpaired) electrons. The number of ether oxygens (including phenoxy) is 1. The summed E-state index contributed by atoms with van der Waals surface area (Å²) in [5.41, 5.74) is 4.00. The molecule has 0 bridgehead atoms. The van der Waals surface area contributed by atoms with Crippen molar-refractivity contribution in [2.45, 2.75) is 6.42 Å². The molecule has 25 heavy (non-hydrogen) atoms. The molecule has 0 heterocycles. The molecule has 3 nitrogen and oxygen atoms in total. The molecule has 3 aromatic carbocycles. The number of amides is 1. The molecule has 0 saturated carbocycles. The van der Waals surface area contributed by atoms with Gasteiger partial charge in [-0.2, -0.15) is 0 Å². The van der Waals surface area contributed by atoms with E-state index in [9.17, 15) is 4.79 Å². The Morgan fingerprint density at radius 1 is 0.840 bits per heavy atom. The third-order valence-electron chi connectivity index (χ3n) is 4.13. The van der Waals surface area contributed by atoms with Crippen LogP contribution in [0.2, 0.25) is 0 Å². The van der Waals surface area contributed by atoms with E-state index in [4.69, 9.17) is 4.74 Å². The van der Waals surface area contributed by atoms with Crippen molar-refractivity contribution in [2.75, 3.05) is 13.7 Å². The smallest absolute Gasteiger partial charge is 0.251 e. The van der Waals surface area contributed by atoms with Crippen LogP contribution in [0.3, 0.4) is 0 Å². The maximum atomic E-state index is 12.3. The number of para-hydroxylation sites is 1. The highest BCUT2D eigenvalue weighted by atomic mass is 16.5. The summed E-state index contributed by atoms with van der Waals surface area (Å²) in [5.74, 6) is 0.790.